The number of carbonyl (C=O) groups is 4. The fourth-order valence-corrected chi connectivity index (χ4v) is 6.76. The van der Waals surface area contributed by atoms with E-state index in [1.165, 1.54) is 43.5 Å². The van der Waals surface area contributed by atoms with Crippen molar-refractivity contribution in [2.45, 2.75) is 24.9 Å². The zero-order chi connectivity index (χ0) is 26.2. The van der Waals surface area contributed by atoms with Crippen LogP contribution in [-0.4, -0.2) is 85.8 Å². The van der Waals surface area contributed by atoms with Crippen LogP contribution in [0.5, 0.6) is 0 Å². The maximum atomic E-state index is 12.9. The van der Waals surface area contributed by atoms with Crippen LogP contribution in [0.4, 0.5) is 0 Å². The van der Waals surface area contributed by atoms with Gasteiger partial charge in [0.05, 0.1) is 36.4 Å². The Morgan fingerprint density at radius 1 is 0.833 bits per heavy atom. The minimum Gasteiger partial charge on any atom is -0.489 e. The van der Waals surface area contributed by atoms with E-state index in [4.69, 9.17) is 9.47 Å². The Balaban J connectivity index is 1.81. The summed E-state index contributed by atoms with van der Waals surface area (Å²) in [7, 11) is 5.59. The second-order valence-corrected chi connectivity index (χ2v) is 12.5. The summed E-state index contributed by atoms with van der Waals surface area (Å²) in [6, 6.07) is -0.650. The van der Waals surface area contributed by atoms with Crippen LogP contribution >= 0.6 is 68.8 Å². The lowest BCUT2D eigenvalue weighted by Crippen LogP contribution is -2.30. The lowest BCUT2D eigenvalue weighted by atomic mass is 10.1. The molecule has 1 aliphatic carbocycles. The van der Waals surface area contributed by atoms with Crippen molar-refractivity contribution in [2.24, 2.45) is 0 Å². The van der Waals surface area contributed by atoms with Gasteiger partial charge in [0.1, 0.15) is 12.6 Å². The highest BCUT2D eigenvalue weighted by molar-refractivity contribution is 8.76. The number of hydrogen-bond acceptors (Lipinski definition) is 14. The molecule has 10 nitrogen and oxygen atoms in total. The molecule has 4 N–H and O–H groups in total. The Morgan fingerprint density at radius 2 is 1.28 bits per heavy atom. The Bertz CT molecular complexity index is 767. The number of hydrogen-bond donors (Lipinski definition) is 6. The van der Waals surface area contributed by atoms with E-state index in [1.807, 2.05) is 0 Å². The van der Waals surface area contributed by atoms with Gasteiger partial charge in [-0.25, -0.2) is 9.44 Å². The number of rotatable bonds is 18. The Kier molecular flexibility index (Phi) is 16.3. The van der Waals surface area contributed by atoms with Gasteiger partial charge in [0.25, 0.3) is 11.8 Å². The third-order valence-corrected chi connectivity index (χ3v) is 9.46. The highest BCUT2D eigenvalue weighted by Crippen LogP contribution is 2.36. The van der Waals surface area contributed by atoms with Crippen LogP contribution in [0.3, 0.4) is 0 Å². The third kappa shape index (κ3) is 10.6. The molecule has 1 heterocycles. The average Bonchev–Trinajstić information content (AvgIpc) is 3.08. The number of ether oxygens (including phenoxy) is 2. The van der Waals surface area contributed by atoms with E-state index < -0.39 is 0 Å². The summed E-state index contributed by atoms with van der Waals surface area (Å²) in [5.41, 5.74) is 0.759. The van der Waals surface area contributed by atoms with Gasteiger partial charge in [-0.3, -0.25) is 9.59 Å². The molecule has 0 unspecified atom stereocenters. The van der Waals surface area contributed by atoms with Gasteiger partial charge in [-0.2, -0.15) is 25.3 Å². The Morgan fingerprint density at radius 3 is 1.67 bits per heavy atom. The van der Waals surface area contributed by atoms with Crippen molar-refractivity contribution in [3.05, 3.63) is 22.7 Å². The standard InChI is InChI=1S/C20H30N4O6S6/c25-9-13(11-31)23-35-33-6-2-21-19(27)15-8-16(18-17(15)29-4-1-5-30-18)20(28)22-3-7-34-36-24-14(10-26)12-32/h9-10,13-14,23-24,31-32H,1-8,11-12H2,(H,21,27)(H,22,28)/t13-,14-/m1/s1. The van der Waals surface area contributed by atoms with Gasteiger partial charge in [-0.05, 0) is 22.0 Å². The molecular formula is C20H30N4O6S6. The summed E-state index contributed by atoms with van der Waals surface area (Å²) in [6.07, 6.45) is 2.38. The maximum Gasteiger partial charge on any atom is 0.251 e. The van der Waals surface area contributed by atoms with E-state index in [1.54, 1.807) is 0 Å². The molecule has 1 fully saturated rings. The summed E-state index contributed by atoms with van der Waals surface area (Å²) in [5, 5.41) is 5.72. The van der Waals surface area contributed by atoms with Gasteiger partial charge >= 0.3 is 0 Å². The minimum atomic E-state index is -0.325. The van der Waals surface area contributed by atoms with Crippen molar-refractivity contribution in [1.29, 1.82) is 0 Å². The van der Waals surface area contributed by atoms with Crippen molar-refractivity contribution < 1.29 is 28.7 Å². The molecule has 202 valence electrons. The van der Waals surface area contributed by atoms with Gasteiger partial charge in [0.2, 0.25) is 0 Å². The summed E-state index contributed by atoms with van der Waals surface area (Å²) in [5.74, 6) is 2.11. The third-order valence-electron chi connectivity index (χ3n) is 4.62. The number of aldehydes is 2. The van der Waals surface area contributed by atoms with E-state index in [9.17, 15) is 19.2 Å². The molecule has 0 aromatic rings. The molecule has 1 saturated heterocycles. The molecule has 0 radical (unpaired) electrons. The monoisotopic (exact) mass is 614 g/mol. The lowest BCUT2D eigenvalue weighted by Gasteiger charge is -2.10. The summed E-state index contributed by atoms with van der Waals surface area (Å²) < 4.78 is 17.5. The summed E-state index contributed by atoms with van der Waals surface area (Å²) in [4.78, 5) is 47.3. The van der Waals surface area contributed by atoms with Gasteiger partial charge in [-0.15, -0.1) is 0 Å². The summed E-state index contributed by atoms with van der Waals surface area (Å²) >= 11 is 8.16. The first-order chi connectivity index (χ1) is 17.5. The van der Waals surface area contributed by atoms with E-state index >= 15 is 0 Å². The SMILES string of the molecule is O=C[C@H](CS)NSSCCNC(=O)C1=C2OCCCOC2=C(C(=O)NCCSSN[C@H](C=O)CS)C1. The van der Waals surface area contributed by atoms with Crippen molar-refractivity contribution in [1.82, 2.24) is 20.1 Å². The first-order valence-corrected chi connectivity index (χ1v) is 16.9. The molecule has 0 saturated carbocycles. The van der Waals surface area contributed by atoms with Crippen LogP contribution in [0.25, 0.3) is 0 Å². The van der Waals surface area contributed by atoms with Crippen LogP contribution in [-0.2, 0) is 28.7 Å². The molecule has 0 aromatic carbocycles. The highest BCUT2D eigenvalue weighted by Gasteiger charge is 2.35. The quantitative estimate of drug-likeness (QED) is 0.0437. The normalized spacial score (nSPS) is 16.8. The van der Waals surface area contributed by atoms with Crippen LogP contribution in [0.2, 0.25) is 0 Å². The molecule has 36 heavy (non-hydrogen) atoms. The smallest absolute Gasteiger partial charge is 0.251 e. The molecule has 16 heteroatoms. The van der Waals surface area contributed by atoms with Crippen LogP contribution < -0.4 is 20.1 Å². The number of thiol groups is 2. The molecular weight excluding hydrogens is 585 g/mol. The number of fused-ring (bicyclic) bond motifs is 1. The topological polar surface area (TPSA) is 135 Å². The van der Waals surface area contributed by atoms with Gasteiger partial charge in [0.15, 0.2) is 11.5 Å². The van der Waals surface area contributed by atoms with Gasteiger partial charge in [-0.1, -0.05) is 21.6 Å². The zero-order valence-electron chi connectivity index (χ0n) is 19.4. The number of amides is 2. The van der Waals surface area contributed by atoms with Crippen molar-refractivity contribution in [2.75, 3.05) is 49.3 Å². The van der Waals surface area contributed by atoms with Crippen molar-refractivity contribution in [3.63, 3.8) is 0 Å². The van der Waals surface area contributed by atoms with Crippen molar-refractivity contribution in [3.8, 4) is 0 Å². The molecule has 2 rings (SSSR count). The fraction of sp³-hybridized carbons (Fsp3) is 0.600. The van der Waals surface area contributed by atoms with Gasteiger partial charge < -0.3 is 29.7 Å². The largest absolute Gasteiger partial charge is 0.489 e. The molecule has 2 amide bonds. The average molecular weight is 615 g/mol. The first kappa shape index (κ1) is 31.6. The Hall–Kier alpha value is -0.620. The van der Waals surface area contributed by atoms with E-state index in [2.05, 4.69) is 45.3 Å². The minimum absolute atomic E-state index is 0.126. The van der Waals surface area contributed by atoms with Gasteiger partial charge in [0, 0.05) is 48.9 Å². The molecule has 0 bridgehead atoms. The highest BCUT2D eigenvalue weighted by atomic mass is 33.1. The van der Waals surface area contributed by atoms with E-state index in [0.717, 1.165) is 12.6 Å². The zero-order valence-corrected chi connectivity index (χ0v) is 24.4. The fourth-order valence-electron chi connectivity index (χ4n) is 2.81. The van der Waals surface area contributed by atoms with E-state index in [0.29, 0.717) is 78.4 Å². The Labute approximate surface area is 237 Å². The summed E-state index contributed by atoms with van der Waals surface area (Å²) in [6.45, 7) is 1.61. The number of carbonyl (C=O) groups excluding carboxylic acids is 4. The van der Waals surface area contributed by atoms with Crippen LogP contribution in [0.15, 0.2) is 22.7 Å². The first-order valence-electron chi connectivity index (χ1n) is 11.0. The lowest BCUT2D eigenvalue weighted by molar-refractivity contribution is -0.117. The predicted octanol–water partition coefficient (Wildman–Crippen LogP) is 1.33. The second kappa shape index (κ2) is 18.6. The van der Waals surface area contributed by atoms with Crippen LogP contribution in [0, 0.1) is 0 Å². The molecule has 0 spiro atoms. The van der Waals surface area contributed by atoms with E-state index in [-0.39, 0.29) is 30.3 Å². The van der Waals surface area contributed by atoms with Crippen molar-refractivity contribution >= 4 is 93.2 Å². The molecule has 2 aliphatic rings. The molecule has 2 atom stereocenters. The second-order valence-electron chi connectivity index (χ2n) is 7.25. The van der Waals surface area contributed by atoms with Crippen LogP contribution in [0.1, 0.15) is 12.8 Å². The maximum absolute atomic E-state index is 12.9. The molecule has 0 aromatic heterocycles. The predicted molar refractivity (Wildman–Crippen MR) is 155 cm³/mol. The number of nitrogens with one attached hydrogen (secondary N) is 4. The molecule has 1 aliphatic heterocycles.